The molecule has 0 radical (unpaired) electrons. The van der Waals surface area contributed by atoms with Crippen LogP contribution in [0.15, 0.2) is 11.4 Å². The van der Waals surface area contributed by atoms with Crippen LogP contribution in [0.4, 0.5) is 0 Å². The van der Waals surface area contributed by atoms with Gasteiger partial charge in [0.15, 0.2) is 0 Å². The molecule has 0 aliphatic carbocycles. The number of thiophene rings is 1. The summed E-state index contributed by atoms with van der Waals surface area (Å²) in [5.41, 5.74) is 0. The van der Waals surface area contributed by atoms with Gasteiger partial charge >= 0.3 is 0 Å². The Kier molecular flexibility index (Phi) is 5.81. The van der Waals surface area contributed by atoms with E-state index in [4.69, 9.17) is 11.6 Å². The molecule has 0 aliphatic heterocycles. The molecule has 0 unspecified atom stereocenters. The zero-order chi connectivity index (χ0) is 12.1. The molecule has 1 aromatic rings. The molecule has 1 rings (SSSR count). The van der Waals surface area contributed by atoms with E-state index in [2.05, 4.69) is 33.0 Å². The van der Waals surface area contributed by atoms with E-state index in [1.54, 1.807) is 11.3 Å². The fraction of sp³-hybridized carbons (Fsp3) is 0.692. The molecule has 1 heterocycles. The van der Waals surface area contributed by atoms with Gasteiger partial charge in [0.1, 0.15) is 0 Å². The van der Waals surface area contributed by atoms with E-state index in [9.17, 15) is 0 Å². The molecule has 1 nitrogen and oxygen atoms in total. The van der Waals surface area contributed by atoms with Gasteiger partial charge in [-0.05, 0) is 30.4 Å². The van der Waals surface area contributed by atoms with Crippen molar-refractivity contribution in [2.75, 3.05) is 6.54 Å². The van der Waals surface area contributed by atoms with Gasteiger partial charge in [-0.2, -0.15) is 0 Å². The maximum absolute atomic E-state index is 5.89. The largest absolute Gasteiger partial charge is 0.312 e. The second-order valence-corrected chi connectivity index (χ2v) is 6.45. The number of halogens is 1. The molecular weight excluding hydrogens is 238 g/mol. The van der Waals surface area contributed by atoms with Crippen LogP contribution in [0.3, 0.4) is 0 Å². The highest BCUT2D eigenvalue weighted by Gasteiger charge is 2.16. The molecule has 0 atom stereocenters. The summed E-state index contributed by atoms with van der Waals surface area (Å²) < 4.78 is 0. The van der Waals surface area contributed by atoms with E-state index < -0.39 is 0 Å². The van der Waals surface area contributed by atoms with Crippen molar-refractivity contribution in [2.24, 2.45) is 17.8 Å². The summed E-state index contributed by atoms with van der Waals surface area (Å²) in [4.78, 5) is 1.32. The maximum atomic E-state index is 5.89. The Labute approximate surface area is 108 Å². The molecule has 1 aromatic heterocycles. The Balaban J connectivity index is 2.33. The zero-order valence-electron chi connectivity index (χ0n) is 10.6. The first-order valence-corrected chi connectivity index (χ1v) is 7.20. The minimum atomic E-state index is 0.736. The van der Waals surface area contributed by atoms with Gasteiger partial charge in [0.05, 0.1) is 5.02 Å². The fourth-order valence-corrected chi connectivity index (χ4v) is 3.09. The summed E-state index contributed by atoms with van der Waals surface area (Å²) in [7, 11) is 0. The van der Waals surface area contributed by atoms with Crippen molar-refractivity contribution in [2.45, 2.75) is 34.2 Å². The summed E-state index contributed by atoms with van der Waals surface area (Å²) in [6, 6.07) is 2.04. The van der Waals surface area contributed by atoms with Crippen LogP contribution in [0.25, 0.3) is 0 Å². The Morgan fingerprint density at radius 1 is 1.25 bits per heavy atom. The third-order valence-electron chi connectivity index (χ3n) is 3.01. The van der Waals surface area contributed by atoms with Crippen molar-refractivity contribution in [3.8, 4) is 0 Å². The van der Waals surface area contributed by atoms with Crippen LogP contribution in [0, 0.1) is 17.8 Å². The van der Waals surface area contributed by atoms with E-state index in [0.29, 0.717) is 0 Å². The number of hydrogen-bond donors (Lipinski definition) is 1. The SMILES string of the molecule is CC(C)C(CNCc1cc(Cl)cs1)C(C)C. The monoisotopic (exact) mass is 259 g/mol. The van der Waals surface area contributed by atoms with Crippen molar-refractivity contribution in [3.05, 3.63) is 21.3 Å². The van der Waals surface area contributed by atoms with Gasteiger partial charge in [-0.25, -0.2) is 0 Å². The lowest BCUT2D eigenvalue weighted by Gasteiger charge is -2.25. The topological polar surface area (TPSA) is 12.0 Å². The highest BCUT2D eigenvalue weighted by Crippen LogP contribution is 2.21. The van der Waals surface area contributed by atoms with Gasteiger partial charge in [0, 0.05) is 16.8 Å². The molecule has 0 saturated heterocycles. The average molecular weight is 260 g/mol. The smallest absolute Gasteiger partial charge is 0.0516 e. The molecule has 1 N–H and O–H groups in total. The Morgan fingerprint density at radius 2 is 1.88 bits per heavy atom. The Bertz CT molecular complexity index is 299. The first kappa shape index (κ1) is 14.0. The van der Waals surface area contributed by atoms with Crippen molar-refractivity contribution in [1.29, 1.82) is 0 Å². The summed E-state index contributed by atoms with van der Waals surface area (Å²) in [6.07, 6.45) is 0. The molecule has 0 amide bonds. The van der Waals surface area contributed by atoms with Crippen molar-refractivity contribution in [1.82, 2.24) is 5.32 Å². The summed E-state index contributed by atoms with van der Waals surface area (Å²) in [6.45, 7) is 11.2. The highest BCUT2D eigenvalue weighted by atomic mass is 35.5. The van der Waals surface area contributed by atoms with E-state index in [-0.39, 0.29) is 0 Å². The Morgan fingerprint density at radius 3 is 2.31 bits per heavy atom. The Hall–Kier alpha value is -0.0500. The first-order valence-electron chi connectivity index (χ1n) is 5.94. The van der Waals surface area contributed by atoms with Crippen LogP contribution in [0.2, 0.25) is 5.02 Å². The normalized spacial score (nSPS) is 12.0. The van der Waals surface area contributed by atoms with E-state index in [1.165, 1.54) is 4.88 Å². The van der Waals surface area contributed by atoms with Gasteiger partial charge in [-0.15, -0.1) is 11.3 Å². The van der Waals surface area contributed by atoms with Crippen LogP contribution in [0.1, 0.15) is 32.6 Å². The first-order chi connectivity index (χ1) is 7.50. The third kappa shape index (κ3) is 4.44. The van der Waals surface area contributed by atoms with Crippen LogP contribution < -0.4 is 5.32 Å². The lowest BCUT2D eigenvalue weighted by Crippen LogP contribution is -2.29. The summed E-state index contributed by atoms with van der Waals surface area (Å²) in [5.74, 6) is 2.22. The minimum Gasteiger partial charge on any atom is -0.312 e. The van der Waals surface area contributed by atoms with Gasteiger partial charge in [-0.1, -0.05) is 39.3 Å². The molecule has 92 valence electrons. The van der Waals surface area contributed by atoms with Crippen LogP contribution >= 0.6 is 22.9 Å². The highest BCUT2D eigenvalue weighted by molar-refractivity contribution is 7.10. The quantitative estimate of drug-likeness (QED) is 0.798. The van der Waals surface area contributed by atoms with Crippen LogP contribution in [-0.4, -0.2) is 6.54 Å². The molecule has 0 aromatic carbocycles. The molecular formula is C13H22ClNS. The second-order valence-electron chi connectivity index (χ2n) is 5.01. The molecule has 16 heavy (non-hydrogen) atoms. The van der Waals surface area contributed by atoms with Gasteiger partial charge in [0.2, 0.25) is 0 Å². The summed E-state index contributed by atoms with van der Waals surface area (Å²) in [5, 5.41) is 6.37. The third-order valence-corrected chi connectivity index (χ3v) is 4.30. The van der Waals surface area contributed by atoms with E-state index in [1.807, 2.05) is 11.4 Å². The van der Waals surface area contributed by atoms with Crippen LogP contribution in [0.5, 0.6) is 0 Å². The molecule has 0 fully saturated rings. The maximum Gasteiger partial charge on any atom is 0.0516 e. The predicted molar refractivity (Wildman–Crippen MR) is 74.2 cm³/mol. The second kappa shape index (κ2) is 6.63. The molecule has 0 spiro atoms. The number of rotatable bonds is 6. The minimum absolute atomic E-state index is 0.736. The molecule has 0 bridgehead atoms. The van der Waals surface area contributed by atoms with E-state index >= 15 is 0 Å². The van der Waals surface area contributed by atoms with Gasteiger partial charge in [0.25, 0.3) is 0 Å². The van der Waals surface area contributed by atoms with Crippen LogP contribution in [-0.2, 0) is 6.54 Å². The van der Waals surface area contributed by atoms with Crippen molar-refractivity contribution >= 4 is 22.9 Å². The van der Waals surface area contributed by atoms with Gasteiger partial charge < -0.3 is 5.32 Å². The average Bonchev–Trinajstić information content (AvgIpc) is 2.57. The lowest BCUT2D eigenvalue weighted by molar-refractivity contribution is 0.276. The lowest BCUT2D eigenvalue weighted by atomic mass is 9.85. The van der Waals surface area contributed by atoms with Gasteiger partial charge in [-0.3, -0.25) is 0 Å². The molecule has 3 heteroatoms. The zero-order valence-corrected chi connectivity index (χ0v) is 12.2. The molecule has 0 aliphatic rings. The molecule has 0 saturated carbocycles. The fourth-order valence-electron chi connectivity index (χ4n) is 2.05. The number of hydrogen-bond acceptors (Lipinski definition) is 2. The van der Waals surface area contributed by atoms with Crippen molar-refractivity contribution < 1.29 is 0 Å². The van der Waals surface area contributed by atoms with E-state index in [0.717, 1.165) is 35.9 Å². The number of nitrogens with one attached hydrogen (secondary N) is 1. The standard InChI is InChI=1S/C13H22ClNS/c1-9(2)13(10(3)4)7-15-6-12-5-11(14)8-16-12/h5,8-10,13,15H,6-7H2,1-4H3. The predicted octanol–water partition coefficient (Wildman–Crippen LogP) is 4.42. The summed E-state index contributed by atoms with van der Waals surface area (Å²) >= 11 is 7.61. The van der Waals surface area contributed by atoms with Crippen molar-refractivity contribution in [3.63, 3.8) is 0 Å².